The van der Waals surface area contributed by atoms with Gasteiger partial charge in [-0.05, 0) is 30.3 Å². The molecule has 0 amide bonds. The van der Waals surface area contributed by atoms with Crippen LogP contribution in [0.4, 0.5) is 5.95 Å². The van der Waals surface area contributed by atoms with E-state index in [0.717, 1.165) is 55.7 Å². The quantitative estimate of drug-likeness (QED) is 0.491. The van der Waals surface area contributed by atoms with Crippen molar-refractivity contribution in [3.8, 4) is 17.0 Å². The molecule has 4 heterocycles. The molecule has 152 valence electrons. The van der Waals surface area contributed by atoms with Crippen molar-refractivity contribution in [3.63, 3.8) is 0 Å². The predicted octanol–water partition coefficient (Wildman–Crippen LogP) is 2.39. The average Bonchev–Trinajstić information content (AvgIpc) is 3.25. The third kappa shape index (κ3) is 3.95. The fraction of sp³-hybridized carbons (Fsp3) is 0.273. The van der Waals surface area contributed by atoms with Crippen LogP contribution in [0.2, 0.25) is 0 Å². The lowest BCUT2D eigenvalue weighted by atomic mass is 10.2. The van der Waals surface area contributed by atoms with E-state index in [0.29, 0.717) is 12.4 Å². The number of anilines is 1. The Kier molecular flexibility index (Phi) is 5.22. The summed E-state index contributed by atoms with van der Waals surface area (Å²) < 4.78 is 7.63. The molecule has 0 unspecified atom stereocenters. The van der Waals surface area contributed by atoms with Crippen LogP contribution in [0.5, 0.6) is 5.75 Å². The summed E-state index contributed by atoms with van der Waals surface area (Å²) in [5, 5.41) is 4.74. The number of nitrogens with zero attached hydrogens (tertiary/aromatic N) is 7. The number of rotatable bonds is 6. The van der Waals surface area contributed by atoms with E-state index in [1.54, 1.807) is 18.6 Å². The van der Waals surface area contributed by atoms with E-state index in [2.05, 4.69) is 24.8 Å². The molecule has 0 saturated carbocycles. The predicted molar refractivity (Wildman–Crippen MR) is 115 cm³/mol. The van der Waals surface area contributed by atoms with Crippen LogP contribution in [0.15, 0.2) is 67.1 Å². The zero-order valence-corrected chi connectivity index (χ0v) is 16.6. The molecule has 1 aliphatic heterocycles. The number of fused-ring (bicyclic) bond motifs is 1. The van der Waals surface area contributed by atoms with Gasteiger partial charge in [0.05, 0.1) is 5.69 Å². The first-order valence-corrected chi connectivity index (χ1v) is 10.1. The second-order valence-corrected chi connectivity index (χ2v) is 7.18. The number of pyridine rings is 1. The molecule has 1 aliphatic rings. The minimum atomic E-state index is 0.609. The normalized spacial score (nSPS) is 14.9. The highest BCUT2D eigenvalue weighted by molar-refractivity contribution is 5.61. The molecular weight excluding hydrogens is 378 g/mol. The molecular formula is C22H23N7O. The number of aromatic nitrogens is 5. The van der Waals surface area contributed by atoms with Gasteiger partial charge in [-0.1, -0.05) is 18.2 Å². The van der Waals surface area contributed by atoms with Crippen LogP contribution in [0.1, 0.15) is 0 Å². The van der Waals surface area contributed by atoms with Gasteiger partial charge < -0.3 is 9.64 Å². The highest BCUT2D eigenvalue weighted by Crippen LogP contribution is 2.20. The lowest BCUT2D eigenvalue weighted by Crippen LogP contribution is -2.47. The summed E-state index contributed by atoms with van der Waals surface area (Å²) in [4.78, 5) is 17.8. The van der Waals surface area contributed by atoms with Crippen molar-refractivity contribution >= 4 is 11.7 Å². The van der Waals surface area contributed by atoms with E-state index < -0.39 is 0 Å². The molecule has 5 rings (SSSR count). The molecule has 30 heavy (non-hydrogen) atoms. The summed E-state index contributed by atoms with van der Waals surface area (Å²) in [6.45, 7) is 5.28. The fourth-order valence-electron chi connectivity index (χ4n) is 3.64. The third-order valence-corrected chi connectivity index (χ3v) is 5.28. The van der Waals surface area contributed by atoms with Crippen molar-refractivity contribution in [1.82, 2.24) is 29.5 Å². The Morgan fingerprint density at radius 3 is 2.47 bits per heavy atom. The highest BCUT2D eigenvalue weighted by atomic mass is 16.5. The topological polar surface area (TPSA) is 71.7 Å². The van der Waals surface area contributed by atoms with Crippen LogP contribution >= 0.6 is 0 Å². The minimum Gasteiger partial charge on any atom is -0.492 e. The van der Waals surface area contributed by atoms with Crippen molar-refractivity contribution in [2.75, 3.05) is 44.2 Å². The van der Waals surface area contributed by atoms with Gasteiger partial charge in [-0.15, -0.1) is 5.10 Å². The van der Waals surface area contributed by atoms with Crippen molar-refractivity contribution in [3.05, 3.63) is 67.1 Å². The molecule has 8 heteroatoms. The zero-order chi connectivity index (χ0) is 20.2. The maximum atomic E-state index is 5.82. The van der Waals surface area contributed by atoms with Crippen LogP contribution < -0.4 is 9.64 Å². The third-order valence-electron chi connectivity index (χ3n) is 5.28. The molecule has 0 atom stereocenters. The average molecular weight is 401 g/mol. The smallest absolute Gasteiger partial charge is 0.254 e. The van der Waals surface area contributed by atoms with Crippen LogP contribution in [-0.4, -0.2) is 68.8 Å². The molecule has 0 bridgehead atoms. The van der Waals surface area contributed by atoms with Crippen LogP contribution in [0.25, 0.3) is 17.0 Å². The van der Waals surface area contributed by atoms with Crippen molar-refractivity contribution in [2.24, 2.45) is 0 Å². The van der Waals surface area contributed by atoms with Crippen LogP contribution in [-0.2, 0) is 0 Å². The Morgan fingerprint density at radius 1 is 0.867 bits per heavy atom. The van der Waals surface area contributed by atoms with Crippen molar-refractivity contribution in [2.45, 2.75) is 0 Å². The molecule has 0 N–H and O–H groups in total. The Hall–Kier alpha value is -3.52. The van der Waals surface area contributed by atoms with Gasteiger partial charge in [0.1, 0.15) is 12.4 Å². The number of piperazine rings is 1. The van der Waals surface area contributed by atoms with E-state index in [4.69, 9.17) is 9.84 Å². The van der Waals surface area contributed by atoms with Crippen LogP contribution in [0, 0.1) is 0 Å². The molecule has 3 aromatic heterocycles. The molecule has 0 spiro atoms. The number of ether oxygens (including phenoxy) is 1. The fourth-order valence-corrected chi connectivity index (χ4v) is 3.64. The summed E-state index contributed by atoms with van der Waals surface area (Å²) in [5.41, 5.74) is 2.00. The highest BCUT2D eigenvalue weighted by Gasteiger charge is 2.21. The second kappa shape index (κ2) is 8.46. The minimum absolute atomic E-state index is 0.609. The lowest BCUT2D eigenvalue weighted by Gasteiger charge is -2.33. The Morgan fingerprint density at radius 2 is 1.67 bits per heavy atom. The SMILES string of the molecule is c1ccc(OCCN2CCN(c3nc4nccc(-c5ccncc5)n4n3)CC2)cc1. The molecule has 8 nitrogen and oxygen atoms in total. The number of hydrogen-bond acceptors (Lipinski definition) is 7. The summed E-state index contributed by atoms with van der Waals surface area (Å²) in [6, 6.07) is 15.8. The molecule has 0 aliphatic carbocycles. The molecule has 1 fully saturated rings. The largest absolute Gasteiger partial charge is 0.492 e. The Labute approximate surface area is 174 Å². The van der Waals surface area contributed by atoms with Gasteiger partial charge in [0.15, 0.2) is 0 Å². The summed E-state index contributed by atoms with van der Waals surface area (Å²) >= 11 is 0. The Balaban J connectivity index is 1.22. The van der Waals surface area contributed by atoms with Crippen molar-refractivity contribution in [1.29, 1.82) is 0 Å². The summed E-state index contributed by atoms with van der Waals surface area (Å²) in [6.07, 6.45) is 5.33. The van der Waals surface area contributed by atoms with E-state index in [1.807, 2.05) is 53.0 Å². The maximum Gasteiger partial charge on any atom is 0.254 e. The first kappa shape index (κ1) is 18.5. The number of benzene rings is 1. The zero-order valence-electron chi connectivity index (χ0n) is 16.6. The summed E-state index contributed by atoms with van der Waals surface area (Å²) in [5.74, 6) is 2.25. The summed E-state index contributed by atoms with van der Waals surface area (Å²) in [7, 11) is 0. The van der Waals surface area contributed by atoms with Gasteiger partial charge in [0, 0.05) is 56.9 Å². The molecule has 1 saturated heterocycles. The monoisotopic (exact) mass is 401 g/mol. The standard InChI is InChI=1S/C22H23N7O/c1-2-4-19(5-3-1)30-17-16-27-12-14-28(15-13-27)22-25-21-24-11-8-20(29(21)26-22)18-6-9-23-10-7-18/h1-11H,12-17H2. The van der Waals surface area contributed by atoms with E-state index in [9.17, 15) is 0 Å². The number of para-hydroxylation sites is 1. The van der Waals surface area contributed by atoms with Gasteiger partial charge in [0.25, 0.3) is 5.78 Å². The van der Waals surface area contributed by atoms with Gasteiger partial charge in [-0.25, -0.2) is 4.98 Å². The van der Waals surface area contributed by atoms with E-state index in [-0.39, 0.29) is 0 Å². The Bertz CT molecular complexity index is 1090. The number of hydrogen-bond donors (Lipinski definition) is 0. The van der Waals surface area contributed by atoms with E-state index >= 15 is 0 Å². The first-order chi connectivity index (χ1) is 14.9. The molecule has 0 radical (unpaired) electrons. The van der Waals surface area contributed by atoms with Gasteiger partial charge >= 0.3 is 0 Å². The van der Waals surface area contributed by atoms with Crippen molar-refractivity contribution < 1.29 is 4.74 Å². The second-order valence-electron chi connectivity index (χ2n) is 7.18. The van der Waals surface area contributed by atoms with Crippen LogP contribution in [0.3, 0.4) is 0 Å². The molecule has 1 aromatic carbocycles. The van der Waals surface area contributed by atoms with Gasteiger partial charge in [0.2, 0.25) is 5.95 Å². The molecule has 4 aromatic rings. The lowest BCUT2D eigenvalue weighted by molar-refractivity contribution is 0.200. The van der Waals surface area contributed by atoms with E-state index in [1.165, 1.54) is 0 Å². The van der Waals surface area contributed by atoms with Gasteiger partial charge in [-0.3, -0.25) is 9.88 Å². The first-order valence-electron chi connectivity index (χ1n) is 10.1. The maximum absolute atomic E-state index is 5.82. The van der Waals surface area contributed by atoms with Gasteiger partial charge in [-0.2, -0.15) is 9.50 Å².